The van der Waals surface area contributed by atoms with Gasteiger partial charge in [-0.3, -0.25) is 4.98 Å². The maximum Gasteiger partial charge on any atom is 0.445 e. The van der Waals surface area contributed by atoms with Crippen molar-refractivity contribution < 1.29 is 13.2 Å². The van der Waals surface area contributed by atoms with E-state index in [1.165, 1.54) is 12.4 Å². The highest BCUT2D eigenvalue weighted by Crippen LogP contribution is 2.33. The third kappa shape index (κ3) is 5.20. The first-order chi connectivity index (χ1) is 9.47. The summed E-state index contributed by atoms with van der Waals surface area (Å²) in [5.74, 6) is 0. The minimum absolute atomic E-state index is 0.114. The fourth-order valence-corrected chi connectivity index (χ4v) is 1.67. The van der Waals surface area contributed by atoms with E-state index in [0.29, 0.717) is 22.7 Å². The summed E-state index contributed by atoms with van der Waals surface area (Å²) >= 11 is 0.452. The molecule has 0 radical (unpaired) electrons. The Kier molecular flexibility index (Phi) is 7.90. The van der Waals surface area contributed by atoms with Crippen LogP contribution in [0.2, 0.25) is 0 Å². The fraction of sp³-hybridized carbons (Fsp3) is 0.500. The molecular weight excluding hydrogens is 289 g/mol. The van der Waals surface area contributed by atoms with Crippen molar-refractivity contribution in [2.45, 2.75) is 40.8 Å². The molecule has 0 N–H and O–H groups in total. The van der Waals surface area contributed by atoms with Crippen LogP contribution in [-0.4, -0.2) is 20.2 Å². The van der Waals surface area contributed by atoms with E-state index in [1.54, 1.807) is 6.92 Å². The lowest BCUT2D eigenvalue weighted by molar-refractivity contribution is -0.138. The number of hydrogen-bond acceptors (Lipinski definition) is 5. The summed E-state index contributed by atoms with van der Waals surface area (Å²) in [5.41, 5.74) is 0.911. The van der Waals surface area contributed by atoms with Crippen molar-refractivity contribution in [3.8, 4) is 10.7 Å². The van der Waals surface area contributed by atoms with E-state index >= 15 is 0 Å². The second-order valence-electron chi connectivity index (χ2n) is 2.96. The molecule has 112 valence electrons. The molecule has 0 saturated carbocycles. The van der Waals surface area contributed by atoms with Gasteiger partial charge in [0.05, 0.1) is 11.9 Å². The van der Waals surface area contributed by atoms with Gasteiger partial charge in [-0.15, -0.1) is 10.2 Å². The van der Waals surface area contributed by atoms with Crippen molar-refractivity contribution in [2.24, 2.45) is 0 Å². The van der Waals surface area contributed by atoms with Crippen molar-refractivity contribution in [2.75, 3.05) is 0 Å². The SMILES string of the molecule is CC.CC.Cc1cncc(-c2nnc(C(F)(F)F)s2)n1. The lowest BCUT2D eigenvalue weighted by Crippen LogP contribution is -2.03. The van der Waals surface area contributed by atoms with Gasteiger partial charge in [0.1, 0.15) is 5.69 Å². The van der Waals surface area contributed by atoms with Gasteiger partial charge >= 0.3 is 6.18 Å². The quantitative estimate of drug-likeness (QED) is 0.784. The summed E-state index contributed by atoms with van der Waals surface area (Å²) in [4.78, 5) is 7.84. The zero-order valence-electron chi connectivity index (χ0n) is 12.0. The van der Waals surface area contributed by atoms with Crippen LogP contribution in [0, 0.1) is 6.92 Å². The van der Waals surface area contributed by atoms with E-state index in [4.69, 9.17) is 0 Å². The van der Waals surface area contributed by atoms with Crippen LogP contribution >= 0.6 is 11.3 Å². The average Bonchev–Trinajstić information content (AvgIpc) is 2.93. The number of hydrogen-bond donors (Lipinski definition) is 0. The third-order valence-electron chi connectivity index (χ3n) is 1.64. The maximum atomic E-state index is 12.3. The Bertz CT molecular complexity index is 511. The van der Waals surface area contributed by atoms with Crippen LogP contribution in [0.1, 0.15) is 38.4 Å². The van der Waals surface area contributed by atoms with Gasteiger partial charge in [0.25, 0.3) is 0 Å². The molecule has 20 heavy (non-hydrogen) atoms. The van der Waals surface area contributed by atoms with Crippen molar-refractivity contribution in [1.29, 1.82) is 0 Å². The van der Waals surface area contributed by atoms with Crippen LogP contribution in [0.5, 0.6) is 0 Å². The molecule has 0 amide bonds. The molecule has 0 aliphatic rings. The second kappa shape index (κ2) is 8.57. The zero-order valence-corrected chi connectivity index (χ0v) is 12.8. The predicted octanol–water partition coefficient (Wildman–Crippen LogP) is 4.37. The monoisotopic (exact) mass is 306 g/mol. The van der Waals surface area contributed by atoms with Gasteiger partial charge in [0, 0.05) is 6.20 Å². The molecule has 0 aliphatic heterocycles. The highest BCUT2D eigenvalue weighted by atomic mass is 32.1. The Morgan fingerprint density at radius 1 is 1.00 bits per heavy atom. The van der Waals surface area contributed by atoms with E-state index in [9.17, 15) is 13.2 Å². The zero-order chi connectivity index (χ0) is 15.8. The molecule has 0 saturated heterocycles. The van der Waals surface area contributed by atoms with E-state index in [-0.39, 0.29) is 5.01 Å². The van der Waals surface area contributed by atoms with Crippen LogP contribution in [0.3, 0.4) is 0 Å². The first kappa shape index (κ1) is 18.4. The number of aromatic nitrogens is 4. The molecule has 0 spiro atoms. The lowest BCUT2D eigenvalue weighted by atomic mass is 10.4. The van der Waals surface area contributed by atoms with Crippen molar-refractivity contribution in [3.05, 3.63) is 23.1 Å². The summed E-state index contributed by atoms with van der Waals surface area (Å²) < 4.78 is 36.8. The van der Waals surface area contributed by atoms with Crippen LogP contribution in [0.15, 0.2) is 12.4 Å². The molecule has 0 unspecified atom stereocenters. The van der Waals surface area contributed by atoms with Crippen molar-refractivity contribution >= 4 is 11.3 Å². The molecule has 0 aliphatic carbocycles. The summed E-state index contributed by atoms with van der Waals surface area (Å²) in [6, 6.07) is 0. The molecule has 2 aromatic rings. The van der Waals surface area contributed by atoms with E-state index in [0.717, 1.165) is 0 Å². The second-order valence-corrected chi connectivity index (χ2v) is 3.93. The largest absolute Gasteiger partial charge is 0.445 e. The van der Waals surface area contributed by atoms with Gasteiger partial charge in [-0.05, 0) is 6.92 Å². The standard InChI is InChI=1S/C8H5F3N4S.2C2H6/c1-4-2-12-3-5(13-4)6-14-15-7(16-6)8(9,10)11;2*1-2/h2-3H,1H3;2*1-2H3. The molecule has 0 aromatic carbocycles. The molecule has 2 rings (SSSR count). The van der Waals surface area contributed by atoms with Gasteiger partial charge in [-0.25, -0.2) is 4.98 Å². The van der Waals surface area contributed by atoms with Crippen molar-refractivity contribution in [3.63, 3.8) is 0 Å². The van der Waals surface area contributed by atoms with Gasteiger partial charge < -0.3 is 0 Å². The Morgan fingerprint density at radius 2 is 1.60 bits per heavy atom. The summed E-state index contributed by atoms with van der Waals surface area (Å²) in [6.07, 6.45) is -1.60. The molecule has 2 heterocycles. The van der Waals surface area contributed by atoms with Crippen LogP contribution in [-0.2, 0) is 6.18 Å². The summed E-state index contributed by atoms with van der Waals surface area (Å²) in [7, 11) is 0. The Labute approximate surface area is 120 Å². The Morgan fingerprint density at radius 3 is 2.05 bits per heavy atom. The first-order valence-electron chi connectivity index (χ1n) is 6.16. The number of halogens is 3. The third-order valence-corrected chi connectivity index (χ3v) is 2.63. The number of aryl methyl sites for hydroxylation is 1. The maximum absolute atomic E-state index is 12.3. The minimum Gasteiger partial charge on any atom is -0.260 e. The van der Waals surface area contributed by atoms with Crippen molar-refractivity contribution in [1.82, 2.24) is 20.2 Å². The highest BCUT2D eigenvalue weighted by molar-refractivity contribution is 7.14. The van der Waals surface area contributed by atoms with Gasteiger partial charge in [0.15, 0.2) is 5.01 Å². The number of nitrogens with zero attached hydrogens (tertiary/aromatic N) is 4. The smallest absolute Gasteiger partial charge is 0.260 e. The number of alkyl halides is 3. The molecule has 2 aromatic heterocycles. The normalized spacial score (nSPS) is 10.0. The molecule has 0 atom stereocenters. The first-order valence-corrected chi connectivity index (χ1v) is 6.98. The van der Waals surface area contributed by atoms with Crippen LogP contribution < -0.4 is 0 Å². The lowest BCUT2D eigenvalue weighted by Gasteiger charge is -1.97. The minimum atomic E-state index is -4.47. The molecule has 4 nitrogen and oxygen atoms in total. The average molecular weight is 306 g/mol. The number of rotatable bonds is 1. The Hall–Kier alpha value is -1.57. The highest BCUT2D eigenvalue weighted by Gasteiger charge is 2.35. The molecule has 8 heteroatoms. The molecule has 0 fully saturated rings. The van der Waals surface area contributed by atoms with Crippen LogP contribution in [0.25, 0.3) is 10.7 Å². The van der Waals surface area contributed by atoms with E-state index in [1.807, 2.05) is 27.7 Å². The van der Waals surface area contributed by atoms with Gasteiger partial charge in [-0.2, -0.15) is 13.2 Å². The fourth-order valence-electron chi connectivity index (χ4n) is 1.01. The van der Waals surface area contributed by atoms with E-state index in [2.05, 4.69) is 20.2 Å². The predicted molar refractivity (Wildman–Crippen MR) is 73.4 cm³/mol. The topological polar surface area (TPSA) is 51.6 Å². The van der Waals surface area contributed by atoms with Crippen LogP contribution in [0.4, 0.5) is 13.2 Å². The van der Waals surface area contributed by atoms with E-state index < -0.39 is 11.2 Å². The van der Waals surface area contributed by atoms with Gasteiger partial charge in [-0.1, -0.05) is 39.0 Å². The summed E-state index contributed by atoms with van der Waals surface area (Å²) in [5, 5.41) is 5.64. The molecular formula is C12H17F3N4S. The Balaban J connectivity index is 0.000000829. The molecule has 0 bridgehead atoms. The summed E-state index contributed by atoms with van der Waals surface area (Å²) in [6.45, 7) is 9.70. The van der Waals surface area contributed by atoms with Gasteiger partial charge in [0.2, 0.25) is 5.01 Å².